The number of hydrogen-bond acceptors (Lipinski definition) is 10. The minimum Gasteiger partial charge on any atom is -0.491 e. The fourth-order valence-electron chi connectivity index (χ4n) is 6.02. The summed E-state index contributed by atoms with van der Waals surface area (Å²) in [5.74, 6) is 2.48. The van der Waals surface area contributed by atoms with Gasteiger partial charge in [-0.2, -0.15) is 5.10 Å². The van der Waals surface area contributed by atoms with Crippen LogP contribution in [0.15, 0.2) is 22.7 Å². The molecule has 0 radical (unpaired) electrons. The largest absolute Gasteiger partial charge is 0.491 e. The van der Waals surface area contributed by atoms with Gasteiger partial charge in [0.25, 0.3) is 0 Å². The van der Waals surface area contributed by atoms with Crippen LogP contribution in [0.3, 0.4) is 0 Å². The maximum Gasteiger partial charge on any atom is 0.410 e. The number of rotatable bonds is 10. The Morgan fingerprint density at radius 2 is 1.77 bits per heavy atom. The molecule has 1 atom stereocenters. The van der Waals surface area contributed by atoms with E-state index in [1.54, 1.807) is 18.0 Å². The number of aryl methyl sites for hydroxylation is 3. The number of amides is 1. The summed E-state index contributed by atoms with van der Waals surface area (Å²) in [6, 6.07) is 5.47. The maximum absolute atomic E-state index is 12.9. The van der Waals surface area contributed by atoms with E-state index in [0.717, 1.165) is 39.7 Å². The number of nitrogens with zero attached hydrogens (tertiary/aromatic N) is 7. The van der Waals surface area contributed by atoms with E-state index in [4.69, 9.17) is 45.1 Å². The molecule has 4 aromatic rings. The van der Waals surface area contributed by atoms with Crippen molar-refractivity contribution in [2.45, 2.75) is 112 Å². The van der Waals surface area contributed by atoms with E-state index in [9.17, 15) is 4.79 Å². The van der Waals surface area contributed by atoms with Gasteiger partial charge in [-0.15, -0.1) is 0 Å². The summed E-state index contributed by atoms with van der Waals surface area (Å²) in [4.78, 5) is 26.9. The molecular weight excluding hydrogens is 698 g/mol. The van der Waals surface area contributed by atoms with Crippen LogP contribution in [0.25, 0.3) is 22.6 Å². The van der Waals surface area contributed by atoms with E-state index >= 15 is 0 Å². The predicted molar refractivity (Wildman–Crippen MR) is 206 cm³/mol. The van der Waals surface area contributed by atoms with E-state index in [1.807, 2.05) is 65.4 Å². The molecule has 1 aliphatic heterocycles. The lowest BCUT2D eigenvalue weighted by Gasteiger charge is -2.40. The molecule has 4 heterocycles. The summed E-state index contributed by atoms with van der Waals surface area (Å²) in [6.07, 6.45) is -0.834. The van der Waals surface area contributed by atoms with Crippen LogP contribution in [-0.4, -0.2) is 76.1 Å². The Morgan fingerprint density at radius 1 is 1.08 bits per heavy atom. The summed E-state index contributed by atoms with van der Waals surface area (Å²) in [7, 11) is 1.45. The van der Waals surface area contributed by atoms with Crippen molar-refractivity contribution in [2.75, 3.05) is 25.1 Å². The first-order valence-corrected chi connectivity index (χ1v) is 21.0. The topological polar surface area (TPSA) is 121 Å². The highest BCUT2D eigenvalue weighted by Crippen LogP contribution is 2.40. The summed E-state index contributed by atoms with van der Waals surface area (Å²) in [5, 5.41) is 9.40. The van der Waals surface area contributed by atoms with Gasteiger partial charge < -0.3 is 28.2 Å². The zero-order valence-corrected chi connectivity index (χ0v) is 34.9. The maximum atomic E-state index is 12.9. The molecule has 0 aliphatic carbocycles. The number of likely N-dealkylation sites (N-methyl/N-ethyl adjacent to an activating group) is 1. The molecule has 0 bridgehead atoms. The van der Waals surface area contributed by atoms with Gasteiger partial charge in [0.2, 0.25) is 0 Å². The van der Waals surface area contributed by atoms with Crippen LogP contribution in [-0.2, 0) is 29.3 Å². The summed E-state index contributed by atoms with van der Waals surface area (Å²) < 4.78 is 26.4. The third-order valence-corrected chi connectivity index (χ3v) is 14.8. The Morgan fingerprint density at radius 3 is 2.37 bits per heavy atom. The van der Waals surface area contributed by atoms with Crippen LogP contribution >= 0.6 is 11.6 Å². The normalized spacial score (nSPS) is 14.1. The number of ether oxygens (including phenoxy) is 2. The van der Waals surface area contributed by atoms with Crippen molar-refractivity contribution in [3.05, 3.63) is 57.2 Å². The molecule has 0 spiro atoms. The highest BCUT2D eigenvalue weighted by atomic mass is 35.5. The minimum atomic E-state index is -2.24. The molecule has 5 rings (SSSR count). The molecule has 0 fully saturated rings. The minimum absolute atomic E-state index is 0.0473. The average molecular weight is 752 g/mol. The van der Waals surface area contributed by atoms with Crippen LogP contribution in [0.1, 0.15) is 75.5 Å². The first-order valence-electron chi connectivity index (χ1n) is 17.7. The lowest BCUT2D eigenvalue weighted by atomic mass is 10.0. The Hall–Kier alpha value is -3.94. The quantitative estimate of drug-likeness (QED) is 0.146. The van der Waals surface area contributed by atoms with Crippen LogP contribution in [0.5, 0.6) is 5.75 Å². The molecule has 14 heteroatoms. The molecule has 0 saturated heterocycles. The van der Waals surface area contributed by atoms with Crippen molar-refractivity contribution in [1.82, 2.24) is 29.8 Å². The standard InChI is InChI=1S/C38H54ClN7O5Si/c1-22-33(32-23(2)43-50-25(32)4)40-34(41-35(22)46-19-29-24(3)45(12)42-31(29)20-46)28-17-26(15-16-30(28)39)48-21-27(51-52(13,14)38(8,9)10)18-44(11)36(47)49-37(5,6)7/h15-17,27H,18-21H2,1-14H3. The van der Waals surface area contributed by atoms with E-state index < -0.39 is 26.1 Å². The number of carbonyl (C=O) groups excluding carboxylic acids is 1. The van der Waals surface area contributed by atoms with Crippen LogP contribution < -0.4 is 9.64 Å². The van der Waals surface area contributed by atoms with E-state index in [0.29, 0.717) is 47.6 Å². The van der Waals surface area contributed by atoms with E-state index in [2.05, 4.69) is 50.8 Å². The number of aromatic nitrogens is 5. The van der Waals surface area contributed by atoms with Crippen molar-refractivity contribution >= 4 is 31.8 Å². The Kier molecular flexibility index (Phi) is 10.9. The smallest absolute Gasteiger partial charge is 0.410 e. The molecular formula is C38H54ClN7O5Si. The number of anilines is 1. The van der Waals surface area contributed by atoms with Gasteiger partial charge in [0.15, 0.2) is 14.1 Å². The molecule has 1 unspecified atom stereocenters. The Labute approximate surface area is 313 Å². The van der Waals surface area contributed by atoms with Crippen molar-refractivity contribution in [3.8, 4) is 28.4 Å². The first kappa shape index (κ1) is 39.3. The average Bonchev–Trinajstić information content (AvgIpc) is 3.68. The fraction of sp³-hybridized carbons (Fsp3) is 0.553. The van der Waals surface area contributed by atoms with Gasteiger partial charge in [-0.1, -0.05) is 37.5 Å². The lowest BCUT2D eigenvalue weighted by Crippen LogP contribution is -2.49. The van der Waals surface area contributed by atoms with Crippen LogP contribution in [0, 0.1) is 27.7 Å². The SMILES string of the molecule is Cc1noc(C)c1-c1nc(-c2cc(OCC(CN(C)C(=O)OC(C)(C)C)O[Si](C)(C)C(C)(C)C)ccc2Cl)nc(N2Cc3nn(C)c(C)c3C2)c1C. The molecule has 1 amide bonds. The zero-order chi connectivity index (χ0) is 38.5. The predicted octanol–water partition coefficient (Wildman–Crippen LogP) is 8.58. The van der Waals surface area contributed by atoms with Crippen molar-refractivity contribution in [2.24, 2.45) is 7.05 Å². The third kappa shape index (κ3) is 8.31. The Balaban J connectivity index is 1.49. The zero-order valence-electron chi connectivity index (χ0n) is 33.2. The van der Waals surface area contributed by atoms with Gasteiger partial charge in [0.05, 0.1) is 46.9 Å². The van der Waals surface area contributed by atoms with Gasteiger partial charge in [0.1, 0.15) is 29.5 Å². The van der Waals surface area contributed by atoms with Crippen LogP contribution in [0.4, 0.5) is 10.6 Å². The number of hydrogen-bond donors (Lipinski definition) is 0. The molecule has 1 aromatic carbocycles. The van der Waals surface area contributed by atoms with Crippen molar-refractivity contribution < 1.29 is 23.2 Å². The fourth-order valence-corrected chi connectivity index (χ4v) is 7.55. The second-order valence-electron chi connectivity index (χ2n) is 16.3. The summed E-state index contributed by atoms with van der Waals surface area (Å²) in [6.45, 7) is 26.2. The van der Waals surface area contributed by atoms with Gasteiger partial charge in [0, 0.05) is 43.0 Å². The van der Waals surface area contributed by atoms with Gasteiger partial charge in [-0.25, -0.2) is 14.8 Å². The number of benzene rings is 1. The number of carbonyl (C=O) groups is 1. The number of fused-ring (bicyclic) bond motifs is 1. The second kappa shape index (κ2) is 14.5. The van der Waals surface area contributed by atoms with Crippen LogP contribution in [0.2, 0.25) is 23.2 Å². The molecule has 12 nitrogen and oxygen atoms in total. The summed E-state index contributed by atoms with van der Waals surface area (Å²) >= 11 is 6.90. The molecule has 52 heavy (non-hydrogen) atoms. The van der Waals surface area contributed by atoms with Gasteiger partial charge in [-0.3, -0.25) is 4.68 Å². The van der Waals surface area contributed by atoms with E-state index in [1.165, 1.54) is 5.56 Å². The molecule has 3 aromatic heterocycles. The highest BCUT2D eigenvalue weighted by Gasteiger charge is 2.40. The van der Waals surface area contributed by atoms with E-state index in [-0.39, 0.29) is 11.6 Å². The number of halogens is 1. The van der Waals surface area contributed by atoms with Crippen molar-refractivity contribution in [3.63, 3.8) is 0 Å². The van der Waals surface area contributed by atoms with Gasteiger partial charge in [-0.05, 0) is 84.8 Å². The molecule has 1 aliphatic rings. The van der Waals surface area contributed by atoms with Gasteiger partial charge >= 0.3 is 6.09 Å². The Bertz CT molecular complexity index is 1940. The molecule has 282 valence electrons. The third-order valence-electron chi connectivity index (χ3n) is 9.99. The first-order chi connectivity index (χ1) is 24.1. The second-order valence-corrected chi connectivity index (χ2v) is 21.5. The molecule has 0 N–H and O–H groups in total. The lowest BCUT2D eigenvalue weighted by molar-refractivity contribution is 0.0172. The molecule has 0 saturated carbocycles. The highest BCUT2D eigenvalue weighted by molar-refractivity contribution is 6.74. The summed E-state index contributed by atoms with van der Waals surface area (Å²) in [5.41, 5.74) is 6.60. The monoisotopic (exact) mass is 751 g/mol. The van der Waals surface area contributed by atoms with Crippen molar-refractivity contribution in [1.29, 1.82) is 0 Å².